The molecular formula is C27H22F2N2O4. The molecule has 0 radical (unpaired) electrons. The highest BCUT2D eigenvalue weighted by atomic mass is 19.1. The van der Waals surface area contributed by atoms with Gasteiger partial charge in [-0.15, -0.1) is 0 Å². The number of ether oxygens (including phenoxy) is 2. The molecule has 35 heavy (non-hydrogen) atoms. The molecule has 0 saturated heterocycles. The second-order valence-corrected chi connectivity index (χ2v) is 9.33. The van der Waals surface area contributed by atoms with Crippen LogP contribution in [0.15, 0.2) is 42.6 Å². The van der Waals surface area contributed by atoms with Crippen molar-refractivity contribution >= 4 is 17.5 Å². The summed E-state index contributed by atoms with van der Waals surface area (Å²) in [4.78, 5) is 28.5. The Morgan fingerprint density at radius 1 is 1.20 bits per heavy atom. The summed E-state index contributed by atoms with van der Waals surface area (Å²) < 4.78 is 40.5. The first-order valence-electron chi connectivity index (χ1n) is 11.6. The molecule has 6 rings (SSSR count). The Morgan fingerprint density at radius 2 is 2.06 bits per heavy atom. The van der Waals surface area contributed by atoms with Crippen LogP contribution in [-0.2, 0) is 22.4 Å². The number of benzene rings is 2. The second kappa shape index (κ2) is 8.15. The van der Waals surface area contributed by atoms with Crippen molar-refractivity contribution in [1.82, 2.24) is 4.98 Å². The summed E-state index contributed by atoms with van der Waals surface area (Å²) in [6.07, 6.45) is 2.34. The fourth-order valence-corrected chi connectivity index (χ4v) is 5.15. The Labute approximate surface area is 200 Å². The van der Waals surface area contributed by atoms with Gasteiger partial charge >= 0.3 is 0 Å². The lowest BCUT2D eigenvalue weighted by Gasteiger charge is -2.19. The van der Waals surface area contributed by atoms with E-state index in [-0.39, 0.29) is 48.0 Å². The van der Waals surface area contributed by atoms with Crippen molar-refractivity contribution in [2.24, 2.45) is 5.92 Å². The largest absolute Gasteiger partial charge is 0.489 e. The molecule has 8 heteroatoms. The Kier molecular flexibility index (Phi) is 5.05. The smallest absolute Gasteiger partial charge is 0.225 e. The lowest BCUT2D eigenvalue weighted by Crippen LogP contribution is -2.20. The molecular weight excluding hydrogens is 454 g/mol. The van der Waals surface area contributed by atoms with Crippen molar-refractivity contribution in [2.75, 3.05) is 5.32 Å². The third-order valence-corrected chi connectivity index (χ3v) is 7.02. The zero-order chi connectivity index (χ0) is 24.3. The molecule has 6 nitrogen and oxygen atoms in total. The molecule has 2 aliphatic heterocycles. The van der Waals surface area contributed by atoms with Crippen molar-refractivity contribution in [3.05, 3.63) is 76.5 Å². The van der Waals surface area contributed by atoms with Crippen LogP contribution in [0, 0.1) is 24.5 Å². The quantitative estimate of drug-likeness (QED) is 0.541. The number of anilines is 1. The van der Waals surface area contributed by atoms with E-state index in [0.29, 0.717) is 35.7 Å². The summed E-state index contributed by atoms with van der Waals surface area (Å²) in [7, 11) is 0. The molecule has 1 fully saturated rings. The first-order chi connectivity index (χ1) is 16.9. The average molecular weight is 476 g/mol. The predicted octanol–water partition coefficient (Wildman–Crippen LogP) is 5.02. The number of rotatable bonds is 6. The van der Waals surface area contributed by atoms with Gasteiger partial charge in [-0.2, -0.15) is 0 Å². The maximum atomic E-state index is 14.3. The van der Waals surface area contributed by atoms with Crippen LogP contribution in [0.4, 0.5) is 14.6 Å². The third kappa shape index (κ3) is 3.83. The number of Topliss-reactive ketones (excluding diaryl/α,β-unsaturated/α-hetero) is 1. The van der Waals surface area contributed by atoms with E-state index in [1.807, 2.05) is 18.2 Å². The van der Waals surface area contributed by atoms with Gasteiger partial charge in [-0.05, 0) is 49.2 Å². The molecule has 0 bridgehead atoms. The SMILES string of the molecule is Cc1ccc(F)c(CC(=O)C[C@@H]2[C@H]3Oc4ccc(Oc5ccnc6c5CCC(=O)N6)cc4[C@@H]23)c1F. The van der Waals surface area contributed by atoms with Crippen molar-refractivity contribution in [2.45, 2.75) is 44.6 Å². The molecule has 1 N–H and O–H groups in total. The first-order valence-corrected chi connectivity index (χ1v) is 11.6. The molecule has 1 saturated carbocycles. The zero-order valence-corrected chi connectivity index (χ0v) is 18.9. The monoisotopic (exact) mass is 476 g/mol. The number of hydrogen-bond acceptors (Lipinski definition) is 5. The summed E-state index contributed by atoms with van der Waals surface area (Å²) >= 11 is 0. The van der Waals surface area contributed by atoms with E-state index < -0.39 is 11.6 Å². The maximum Gasteiger partial charge on any atom is 0.225 e. The Bertz CT molecular complexity index is 1390. The van der Waals surface area contributed by atoms with Crippen molar-refractivity contribution < 1.29 is 27.8 Å². The standard InChI is InChI=1S/C27H22F2N2O4/c1-13-2-5-20(28)17(25(13)29)10-14(32)11-19-24-18-12-15(3-6-21(18)35-26(19)24)34-22-8-9-30-27-16(22)4-7-23(33)31-27/h2-3,5-6,8-9,12,19,24,26H,4,7,10-11H2,1H3,(H,30,31,33)/t19-,24-,26+/m0/s1. The minimum atomic E-state index is -0.696. The number of hydrogen-bond donors (Lipinski definition) is 1. The Balaban J connectivity index is 1.16. The zero-order valence-electron chi connectivity index (χ0n) is 18.9. The van der Waals surface area contributed by atoms with Gasteiger partial charge in [0.05, 0.1) is 0 Å². The van der Waals surface area contributed by atoms with E-state index in [9.17, 15) is 18.4 Å². The van der Waals surface area contributed by atoms with E-state index in [4.69, 9.17) is 9.47 Å². The van der Waals surface area contributed by atoms with Crippen LogP contribution in [0.5, 0.6) is 17.2 Å². The van der Waals surface area contributed by atoms with Crippen molar-refractivity contribution in [1.29, 1.82) is 0 Å². The van der Waals surface area contributed by atoms with Crippen LogP contribution in [0.25, 0.3) is 0 Å². The van der Waals surface area contributed by atoms with E-state index in [2.05, 4.69) is 10.3 Å². The fourth-order valence-electron chi connectivity index (χ4n) is 5.15. The molecule has 1 aliphatic carbocycles. The van der Waals surface area contributed by atoms with Gasteiger partial charge in [-0.3, -0.25) is 9.59 Å². The number of carbonyl (C=O) groups is 2. The van der Waals surface area contributed by atoms with Gasteiger partial charge in [0.15, 0.2) is 0 Å². The van der Waals surface area contributed by atoms with E-state index >= 15 is 0 Å². The number of pyridine rings is 1. The molecule has 178 valence electrons. The van der Waals surface area contributed by atoms with Gasteiger partial charge in [-0.1, -0.05) is 6.07 Å². The van der Waals surface area contributed by atoms with Gasteiger partial charge in [0.25, 0.3) is 0 Å². The third-order valence-electron chi connectivity index (χ3n) is 7.02. The van der Waals surface area contributed by atoms with Crippen LogP contribution >= 0.6 is 0 Å². The molecule has 0 unspecified atom stereocenters. The van der Waals surface area contributed by atoms with Gasteiger partial charge < -0.3 is 14.8 Å². The lowest BCUT2D eigenvalue weighted by molar-refractivity contribution is -0.119. The molecule has 1 amide bonds. The van der Waals surface area contributed by atoms with Crippen LogP contribution in [0.3, 0.4) is 0 Å². The molecule has 2 aromatic carbocycles. The molecule has 0 spiro atoms. The van der Waals surface area contributed by atoms with Gasteiger partial charge in [0.2, 0.25) is 5.91 Å². The summed E-state index contributed by atoms with van der Waals surface area (Å²) in [6, 6.07) is 9.92. The van der Waals surface area contributed by atoms with Crippen LogP contribution in [-0.4, -0.2) is 22.8 Å². The summed E-state index contributed by atoms with van der Waals surface area (Å²) in [5.74, 6) is 0.936. The fraction of sp³-hybridized carbons (Fsp3) is 0.296. The highest BCUT2D eigenvalue weighted by molar-refractivity contribution is 5.93. The van der Waals surface area contributed by atoms with E-state index in [0.717, 1.165) is 16.9 Å². The lowest BCUT2D eigenvalue weighted by atomic mass is 9.99. The molecule has 1 aromatic heterocycles. The number of nitrogens with one attached hydrogen (secondary N) is 1. The number of amides is 1. The van der Waals surface area contributed by atoms with Crippen LogP contribution in [0.1, 0.15) is 41.0 Å². The topological polar surface area (TPSA) is 77.5 Å². The number of fused-ring (bicyclic) bond motifs is 4. The highest BCUT2D eigenvalue weighted by Gasteiger charge is 2.59. The number of halogens is 2. The molecule has 3 aliphatic rings. The van der Waals surface area contributed by atoms with Crippen molar-refractivity contribution in [3.8, 4) is 17.2 Å². The normalized spacial score (nSPS) is 21.3. The van der Waals surface area contributed by atoms with Crippen LogP contribution in [0.2, 0.25) is 0 Å². The minimum Gasteiger partial charge on any atom is -0.489 e. The number of aryl methyl sites for hydroxylation is 1. The highest BCUT2D eigenvalue weighted by Crippen LogP contribution is 2.60. The second-order valence-electron chi connectivity index (χ2n) is 9.33. The molecule has 3 atom stereocenters. The number of aromatic nitrogens is 1. The minimum absolute atomic E-state index is 0.0231. The van der Waals surface area contributed by atoms with E-state index in [1.54, 1.807) is 19.2 Å². The summed E-state index contributed by atoms with van der Waals surface area (Å²) in [5.41, 5.74) is 1.97. The van der Waals surface area contributed by atoms with Crippen molar-refractivity contribution in [3.63, 3.8) is 0 Å². The Morgan fingerprint density at radius 3 is 2.91 bits per heavy atom. The van der Waals surface area contributed by atoms with E-state index in [1.165, 1.54) is 12.1 Å². The maximum absolute atomic E-state index is 14.3. The number of nitrogens with zero attached hydrogens (tertiary/aromatic N) is 1. The van der Waals surface area contributed by atoms with Gasteiger partial charge in [0.1, 0.15) is 46.6 Å². The number of ketones is 1. The molecule has 3 aromatic rings. The number of carbonyl (C=O) groups excluding carboxylic acids is 2. The Hall–Kier alpha value is -3.81. The predicted molar refractivity (Wildman–Crippen MR) is 123 cm³/mol. The van der Waals surface area contributed by atoms with Gasteiger partial charge in [-0.25, -0.2) is 13.8 Å². The first kappa shape index (κ1) is 21.7. The summed E-state index contributed by atoms with van der Waals surface area (Å²) in [6.45, 7) is 1.55. The summed E-state index contributed by atoms with van der Waals surface area (Å²) in [5, 5.41) is 2.76. The molecule has 3 heterocycles. The average Bonchev–Trinajstić information content (AvgIpc) is 3.35. The van der Waals surface area contributed by atoms with Gasteiger partial charge in [0, 0.05) is 54.0 Å². The van der Waals surface area contributed by atoms with Crippen LogP contribution < -0.4 is 14.8 Å².